The minimum Gasteiger partial charge on any atom is -0.153 e. The molecule has 1 atom stereocenters. The minimum absolute atomic E-state index is 0. The molecule has 0 rings (SSSR count). The van der Waals surface area contributed by atoms with Crippen molar-refractivity contribution in [1.29, 1.82) is 0 Å². The molecule has 0 aliphatic rings. The van der Waals surface area contributed by atoms with Crippen LogP contribution in [-0.4, -0.2) is 0 Å². The molecule has 0 aromatic rings. The van der Waals surface area contributed by atoms with Gasteiger partial charge in [-0.3, -0.25) is 0 Å². The maximum Gasteiger partial charge on any atom is -0.114 e. The first-order valence-corrected chi connectivity index (χ1v) is 0. The van der Waals surface area contributed by atoms with E-state index >= 15 is 0 Å². The molecule has 0 aliphatic carbocycles. The first-order chi connectivity index (χ1) is 0. The van der Waals surface area contributed by atoms with Crippen molar-refractivity contribution in [2.24, 2.45) is 0 Å². The highest BCUT2D eigenvalue weighted by Crippen LogP contribution is 0.861. The van der Waals surface area contributed by atoms with Crippen molar-refractivity contribution in [3.63, 3.8) is 0 Å². The molecule has 4 heavy (non-hydrogen) atoms. The Morgan fingerprint density at radius 3 is 0.750 bits per heavy atom. The molecule has 0 spiro atoms. The Kier molecular flexibility index (Phi) is 307. The predicted molar refractivity (Wildman–Crippen MR) is 35.9 cm³/mol. The highest BCUT2D eigenvalue weighted by molar-refractivity contribution is 8.93. The highest BCUT2D eigenvalue weighted by atomic mass is 79.9. The van der Waals surface area contributed by atoms with Crippen LogP contribution in [0.4, 0.5) is 0 Å². The van der Waals surface area contributed by atoms with E-state index in [1.807, 2.05) is 0 Å². The average Bonchev–Trinajstić information content (AvgIpc) is 0. The quantitative estimate of drug-likeness (QED) is 0.505. The van der Waals surface area contributed by atoms with E-state index < -0.39 is 0 Å². The summed E-state index contributed by atoms with van der Waals surface area (Å²) in [6.07, 6.45) is 0. The Morgan fingerprint density at radius 2 is 0.750 bits per heavy atom. The standard InChI is InChI=1S/BrH.2ClH.H3P/h3*1H;1H3. The Bertz CT molecular complexity index is 6.00. The van der Waals surface area contributed by atoms with Crippen LogP contribution in [0.5, 0.6) is 0 Å². The molecule has 0 aromatic heterocycles. The Labute approximate surface area is 51.9 Å². The van der Waals surface area contributed by atoms with Gasteiger partial charge >= 0.3 is 0 Å². The third kappa shape index (κ3) is 9.75. The molecular weight excluding hydrogens is 182 g/mol. The highest BCUT2D eigenvalue weighted by Gasteiger charge is -0.114. The average molecular weight is 188 g/mol. The Hall–Kier alpha value is 1.49. The van der Waals surface area contributed by atoms with Crippen molar-refractivity contribution >= 4 is 51.7 Å². The SMILES string of the molecule is Br.Cl.Cl.P. The van der Waals surface area contributed by atoms with Crippen LogP contribution < -0.4 is 0 Å². The molecule has 0 aromatic carbocycles. The van der Waals surface area contributed by atoms with Crippen LogP contribution in [0, 0.1) is 0 Å². The van der Waals surface area contributed by atoms with Gasteiger partial charge in [0, 0.05) is 0 Å². The van der Waals surface area contributed by atoms with E-state index in [0.717, 1.165) is 0 Å². The van der Waals surface area contributed by atoms with Gasteiger partial charge in [0.1, 0.15) is 0 Å². The molecular formula is H6BrCl2P. The topological polar surface area (TPSA) is 0 Å². The normalized spacial score (nSPS) is 0. The third-order valence-electron chi connectivity index (χ3n) is 0. The summed E-state index contributed by atoms with van der Waals surface area (Å²) in [5.41, 5.74) is 0. The van der Waals surface area contributed by atoms with Crippen molar-refractivity contribution < 1.29 is 0 Å². The van der Waals surface area contributed by atoms with Crippen LogP contribution in [0.2, 0.25) is 0 Å². The molecule has 0 fully saturated rings. The smallest absolute Gasteiger partial charge is 0.114 e. The molecule has 0 saturated carbocycles. The van der Waals surface area contributed by atoms with E-state index in [-0.39, 0.29) is 51.7 Å². The summed E-state index contributed by atoms with van der Waals surface area (Å²) in [6.45, 7) is 0. The lowest BCUT2D eigenvalue weighted by Crippen LogP contribution is 0.689. The molecule has 4 heteroatoms. The van der Waals surface area contributed by atoms with E-state index in [2.05, 4.69) is 0 Å². The zero-order valence-electron chi connectivity index (χ0n) is 1.93. The summed E-state index contributed by atoms with van der Waals surface area (Å²) in [5.74, 6) is 0. The predicted octanol–water partition coefficient (Wildman–Crippen LogP) is 1.48. The molecule has 0 radical (unpaired) electrons. The van der Waals surface area contributed by atoms with Crippen LogP contribution in [0.15, 0.2) is 0 Å². The number of hydrogen-bond donors (Lipinski definition) is 0. The van der Waals surface area contributed by atoms with Gasteiger partial charge in [-0.05, 0) is 0 Å². The Balaban J connectivity index is 0. The van der Waals surface area contributed by atoms with Gasteiger partial charge in [-0.1, -0.05) is 0 Å². The van der Waals surface area contributed by atoms with Crippen molar-refractivity contribution in [3.05, 3.63) is 0 Å². The van der Waals surface area contributed by atoms with Crippen LogP contribution in [0.1, 0.15) is 0 Å². The molecule has 0 nitrogen and oxygen atoms in total. The van der Waals surface area contributed by atoms with Crippen molar-refractivity contribution in [1.82, 2.24) is 0 Å². The Morgan fingerprint density at radius 1 is 0.750 bits per heavy atom. The number of halogens is 3. The lowest BCUT2D eigenvalue weighted by Gasteiger charge is -0.154. The van der Waals surface area contributed by atoms with Gasteiger partial charge in [-0.25, -0.2) is 0 Å². The second-order valence-corrected chi connectivity index (χ2v) is 0. The second kappa shape index (κ2) is 24.6. The molecule has 0 saturated heterocycles. The first kappa shape index (κ1) is 49.9. The maximum absolute atomic E-state index is 0. The first-order valence-electron chi connectivity index (χ1n) is 0. The van der Waals surface area contributed by atoms with Crippen molar-refractivity contribution in [2.45, 2.75) is 0 Å². The number of hydrogen-bond acceptors (Lipinski definition) is 0. The van der Waals surface area contributed by atoms with Gasteiger partial charge in [0.05, 0.1) is 0 Å². The van der Waals surface area contributed by atoms with Gasteiger partial charge in [0.15, 0.2) is 0 Å². The van der Waals surface area contributed by atoms with Gasteiger partial charge < -0.3 is 0 Å². The van der Waals surface area contributed by atoms with Crippen LogP contribution in [0.25, 0.3) is 0 Å². The second-order valence-electron chi connectivity index (χ2n) is 0. The summed E-state index contributed by atoms with van der Waals surface area (Å²) in [4.78, 5) is 0. The van der Waals surface area contributed by atoms with Gasteiger partial charge in [-0.15, -0.1) is 41.8 Å². The van der Waals surface area contributed by atoms with Crippen LogP contribution >= 0.6 is 51.7 Å². The van der Waals surface area contributed by atoms with Crippen LogP contribution in [0.3, 0.4) is 0 Å². The van der Waals surface area contributed by atoms with E-state index in [9.17, 15) is 0 Å². The molecule has 0 N–H and O–H groups in total. The van der Waals surface area contributed by atoms with E-state index in [4.69, 9.17) is 0 Å². The minimum atomic E-state index is 0. The van der Waals surface area contributed by atoms with Gasteiger partial charge in [0.2, 0.25) is 0 Å². The zero-order chi connectivity index (χ0) is 0. The lowest BCUT2D eigenvalue weighted by molar-refractivity contribution is 5.85. The molecule has 1 unspecified atom stereocenters. The van der Waals surface area contributed by atoms with Gasteiger partial charge in [0.25, 0.3) is 0 Å². The summed E-state index contributed by atoms with van der Waals surface area (Å²) in [7, 11) is 0. The molecule has 32 valence electrons. The fourth-order valence-electron chi connectivity index (χ4n) is 0. The van der Waals surface area contributed by atoms with Crippen molar-refractivity contribution in [2.75, 3.05) is 0 Å². The molecule has 0 amide bonds. The summed E-state index contributed by atoms with van der Waals surface area (Å²) < 4.78 is 0. The number of rotatable bonds is 0. The van der Waals surface area contributed by atoms with Gasteiger partial charge in [-0.2, -0.15) is 9.90 Å². The molecule has 0 aliphatic heterocycles. The zero-order valence-corrected chi connectivity index (χ0v) is 6.69. The largest absolute Gasteiger partial charge is 0.153 e. The van der Waals surface area contributed by atoms with E-state index in [0.29, 0.717) is 0 Å². The summed E-state index contributed by atoms with van der Waals surface area (Å²) >= 11 is 0. The fraction of sp³-hybridized carbons (Fsp3) is 0. The van der Waals surface area contributed by atoms with E-state index in [1.165, 1.54) is 0 Å². The van der Waals surface area contributed by atoms with E-state index in [1.54, 1.807) is 0 Å². The molecule has 0 heterocycles. The third-order valence-corrected chi connectivity index (χ3v) is 0. The van der Waals surface area contributed by atoms with Crippen LogP contribution in [-0.2, 0) is 0 Å². The molecule has 0 bridgehead atoms. The fourth-order valence-corrected chi connectivity index (χ4v) is 0. The van der Waals surface area contributed by atoms with Crippen molar-refractivity contribution in [3.8, 4) is 0 Å². The summed E-state index contributed by atoms with van der Waals surface area (Å²) in [5, 5.41) is 0. The lowest BCUT2D eigenvalue weighted by atomic mass is 31.0. The maximum atomic E-state index is 0. The summed E-state index contributed by atoms with van der Waals surface area (Å²) in [6, 6.07) is 0. The monoisotopic (exact) mass is 186 g/mol.